The summed E-state index contributed by atoms with van der Waals surface area (Å²) < 4.78 is 46.5. The number of aliphatic hydroxyl groups is 11. The molecule has 11 rings (SSSR count). The molecule has 4 aromatic rings. The number of ether oxygens (including phenoxy) is 8. The number of nitrogens with one attached hydrogen (secondary N) is 5. The lowest BCUT2D eigenvalue weighted by atomic mass is 9.78. The van der Waals surface area contributed by atoms with Crippen molar-refractivity contribution in [1.82, 2.24) is 46.2 Å². The lowest BCUT2D eigenvalue weighted by molar-refractivity contribution is -0.314. The molecule has 7 aliphatic rings. The van der Waals surface area contributed by atoms with Gasteiger partial charge in [0.05, 0.1) is 91.2 Å². The molecule has 736 valence electrons. The van der Waals surface area contributed by atoms with Crippen LogP contribution in [0.15, 0.2) is 94.3 Å². The topological polar surface area (TPSA) is 758 Å². The van der Waals surface area contributed by atoms with E-state index < -0.39 is 204 Å². The van der Waals surface area contributed by atoms with E-state index in [1.54, 1.807) is 57.0 Å². The first-order valence-corrected chi connectivity index (χ1v) is 42.7. The van der Waals surface area contributed by atoms with Gasteiger partial charge in [-0.15, -0.1) is 0 Å². The van der Waals surface area contributed by atoms with E-state index in [4.69, 9.17) is 82.6 Å². The van der Waals surface area contributed by atoms with Crippen molar-refractivity contribution in [3.63, 3.8) is 0 Å². The number of aliphatic hydroxyl groups excluding tert-OH is 10. The van der Waals surface area contributed by atoms with E-state index in [-0.39, 0.29) is 87.7 Å². The first kappa shape index (κ1) is 110. The number of nitrogens with two attached hydrogens (primary N) is 6. The summed E-state index contributed by atoms with van der Waals surface area (Å²) in [5.41, 5.74) is 26.6. The lowest BCUT2D eigenvalue weighted by Gasteiger charge is -2.45. The van der Waals surface area contributed by atoms with Crippen molar-refractivity contribution in [2.75, 3.05) is 85.6 Å². The summed E-state index contributed by atoms with van der Waals surface area (Å²) in [6.07, 6.45) is -3.30. The number of hydrogen-bond donors (Lipinski definition) is 25. The number of anilines is 1. The Morgan fingerprint density at radius 1 is 0.735 bits per heavy atom. The normalized spacial score (nSPS) is 31.6. The maximum absolute atomic E-state index is 14.4. The van der Waals surface area contributed by atoms with Crippen molar-refractivity contribution >= 4 is 70.4 Å². The Kier molecular flexibility index (Phi) is 42.7. The van der Waals surface area contributed by atoms with Gasteiger partial charge in [0.1, 0.15) is 90.0 Å². The molecule has 26 atom stereocenters. The molecule has 4 fully saturated rings. The number of carbonyl (C=O) groups is 6. The number of carbonyl (C=O) groups excluding carboxylic acids is 6. The summed E-state index contributed by atoms with van der Waals surface area (Å²) in [4.78, 5) is 94.4. The van der Waals surface area contributed by atoms with Crippen molar-refractivity contribution in [3.8, 4) is 23.0 Å². The van der Waals surface area contributed by atoms with Crippen LogP contribution in [0.2, 0.25) is 0 Å². The zero-order valence-corrected chi connectivity index (χ0v) is 76.2. The molecule has 132 heavy (non-hydrogen) atoms. The van der Waals surface area contributed by atoms with E-state index in [1.807, 2.05) is 26.3 Å². The largest absolute Gasteiger partial charge is 0.507 e. The second-order valence-corrected chi connectivity index (χ2v) is 32.7. The number of primary amides is 1. The fraction of sp³-hybridized carbons (Fsp3) is 0.600. The van der Waals surface area contributed by atoms with Gasteiger partial charge in [-0.2, -0.15) is 5.10 Å². The Hall–Kier alpha value is -10.5. The van der Waals surface area contributed by atoms with Crippen LogP contribution in [-0.2, 0) is 47.5 Å². The number of hydrogen-bond acceptors (Lipinski definition) is 40. The number of guanidine groups is 2. The van der Waals surface area contributed by atoms with E-state index in [2.05, 4.69) is 56.2 Å². The quantitative estimate of drug-likeness (QED) is 0.00299. The molecule has 0 unspecified atom stereocenters. The molecule has 0 radical (unpaired) electrons. The van der Waals surface area contributed by atoms with Crippen LogP contribution in [0, 0.1) is 30.6 Å². The number of phenolic OH excluding ortho intramolecular Hbond substituents is 3. The number of esters is 1. The minimum Gasteiger partial charge on any atom is -0.507 e. The van der Waals surface area contributed by atoms with Crippen molar-refractivity contribution in [1.29, 1.82) is 0 Å². The van der Waals surface area contributed by atoms with Crippen molar-refractivity contribution in [2.45, 2.75) is 223 Å². The lowest BCUT2D eigenvalue weighted by Crippen LogP contribution is -2.66. The number of aldehydes is 1. The van der Waals surface area contributed by atoms with Gasteiger partial charge in [0.25, 0.3) is 23.5 Å². The molecule has 31 N–H and O–H groups in total. The molecule has 47 heteroatoms. The van der Waals surface area contributed by atoms with E-state index >= 15 is 0 Å². The molecule has 1 aliphatic carbocycles. The number of Topliss-reactive ketones (excluding diaryl/α,β-unsaturated/α-hetero) is 1. The van der Waals surface area contributed by atoms with Crippen LogP contribution >= 0.6 is 0 Å². The molecule has 47 nitrogen and oxygen atoms in total. The SMILES string of the molecule is CC[C@@H](CO)NCCN[C@@H](CC)CO.CN[C@@H]1[C@H](O[C@H]2[C@H](O[C@H]3[C@H](O)[C@@H](O)[C@H](N=C(N)N)[C@@H](O)[C@@H]3N=C(N)N)O[C@@H](C)[C@]2(O)C=O)O[C@@H](CO)[C@H](O)[C@H]1O.CO[C@H]1/C=C/O[C@@]2(C)Oc3c(C)c(O)c4c(O)c(c(/C=N/N5CCN(C)CC5)c(O)c4c3C2=O)NC(=O)/C(C)=C\C=C\[C@@H](C)[C@@H](O)[C@@H](C)[C@H](O)[C@H](C)[C@H](OC(C)=O)[C@@H]1C.NC(=O)c1cnccn1.NNC(=O)c1ccncc1. The molecule has 1 saturated carbocycles. The fourth-order valence-corrected chi connectivity index (χ4v) is 15.2. The molecule has 0 spiro atoms. The smallest absolute Gasteiger partial charge is 0.312 e. The summed E-state index contributed by atoms with van der Waals surface area (Å²) in [5.74, 6) is -5.35. The summed E-state index contributed by atoms with van der Waals surface area (Å²) in [5, 5.41) is 168. The van der Waals surface area contributed by atoms with Crippen LogP contribution in [0.25, 0.3) is 10.8 Å². The van der Waals surface area contributed by atoms with Gasteiger partial charge in [0.15, 0.2) is 42.1 Å². The number of rotatable bonds is 24. The van der Waals surface area contributed by atoms with Crippen molar-refractivity contribution in [2.24, 2.45) is 73.3 Å². The van der Waals surface area contributed by atoms with Crippen LogP contribution in [0.1, 0.15) is 124 Å². The van der Waals surface area contributed by atoms with Crippen LogP contribution < -0.4 is 65.9 Å². The number of aromatic nitrogens is 3. The number of pyridine rings is 1. The Morgan fingerprint density at radius 3 is 1.87 bits per heavy atom. The highest BCUT2D eigenvalue weighted by atomic mass is 16.8. The number of likely N-dealkylation sites (N-methyl/N-ethyl adjacent to an activating group) is 2. The minimum atomic E-state index is -2.38. The van der Waals surface area contributed by atoms with Crippen molar-refractivity contribution in [3.05, 3.63) is 107 Å². The number of phenols is 3. The first-order chi connectivity index (χ1) is 62.4. The fourth-order valence-electron chi connectivity index (χ4n) is 15.2. The van der Waals surface area contributed by atoms with Gasteiger partial charge in [-0.05, 0) is 65.9 Å². The Morgan fingerprint density at radius 2 is 1.35 bits per heavy atom. The number of piperazine rings is 1. The molecule has 2 aromatic carbocycles. The molecule has 6 aliphatic heterocycles. The molecule has 3 amide bonds. The Balaban J connectivity index is 0.000000310. The summed E-state index contributed by atoms with van der Waals surface area (Å²) in [7, 11) is 4.84. The maximum atomic E-state index is 14.4. The van der Waals surface area contributed by atoms with Gasteiger partial charge in [0.2, 0.25) is 0 Å². The van der Waals surface area contributed by atoms with Gasteiger partial charge in [-0.1, -0.05) is 59.8 Å². The zero-order chi connectivity index (χ0) is 98.7. The summed E-state index contributed by atoms with van der Waals surface area (Å²) in [6, 6.07) is -0.510. The van der Waals surface area contributed by atoms with Gasteiger partial charge < -0.3 is 164 Å². The molecule has 3 saturated heterocycles. The predicted molar refractivity (Wildman–Crippen MR) is 478 cm³/mol. The number of ketones is 1. The third-order valence-corrected chi connectivity index (χ3v) is 23.5. The number of aliphatic imine (C=N–C) groups is 2. The number of methoxy groups -OCH3 is 1. The number of nitrogens with zero attached hydrogens (tertiary/aromatic N) is 8. The van der Waals surface area contributed by atoms with Gasteiger partial charge in [0, 0.05) is 143 Å². The van der Waals surface area contributed by atoms with Crippen LogP contribution in [0.3, 0.4) is 0 Å². The standard InChI is InChI=1S/C43H58N4O12.C21H39N7O12.C10H24N2O2.C6H7N3O.C5H5N3O/c1-21-12-11-13-22(2)42(55)45-33-28(20-44-47-17-15-46(9)16-18-47)37(52)30-31(38(33)53)36(51)26(6)40-32(30)41(54)43(8,59-40)57-19-14-29(56-10)23(3)39(58-27(7)48)25(5)35(50)24(4)34(21)49;1-5-21(36,4-30)16(40-17-9(26-2)13(34)10(31)6(3-29)38-17)18(37-5)39-15-8(28-20(24)25)11(32)7(27-19(22)23)12(33)14(15)35;1-3-9(7-13)11-5-6-12-10(4-2)8-14;7-9-6(10)5-1-3-8-4-2-5;6-5(9)4-3-7-1-2-8-4/h11-14,19-21,23-25,29,34-35,39,49-53H,15-18H2,1-10H3,(H,45,55);4-18,26,29,31-36H,3H2,1-2H3,(H4,22,23,27)(H4,24,25,28);9-14H,3-8H2,1-2H3;1-4H,7H2,(H,9,10);1-3H,(H2,6,9)/b12-11+,19-14+,22-13-,44-20+;;;;/t21-,23-,24-,25+,29+,34-,35+,39-,43+;5-,6-,7+,8-,9-,10-,11+,12-,13-,14+,15+,16-,17-,18-,21+;9-,10-;;/m100../s1. The Labute approximate surface area is 763 Å². The van der Waals surface area contributed by atoms with Crippen LogP contribution in [-0.4, -0.2) is 364 Å². The number of benzene rings is 2. The Bertz CT molecular complexity index is 4590. The van der Waals surface area contributed by atoms with Gasteiger partial charge >= 0.3 is 11.8 Å². The monoisotopic (exact) mass is 1870 g/mol. The maximum Gasteiger partial charge on any atom is 0.312 e. The van der Waals surface area contributed by atoms with E-state index in [0.717, 1.165) is 39.0 Å². The minimum absolute atomic E-state index is 0.0559. The molecule has 5 bridgehead atoms. The van der Waals surface area contributed by atoms with Crippen molar-refractivity contribution < 1.29 is 138 Å². The number of allylic oxidation sites excluding steroid dienone is 2. The highest BCUT2D eigenvalue weighted by molar-refractivity contribution is 6.24. The molecular formula is C85H133N19O28. The van der Waals surface area contributed by atoms with E-state index in [9.17, 15) is 90.0 Å². The van der Waals surface area contributed by atoms with E-state index in [1.165, 1.54) is 104 Å². The first-order valence-electron chi connectivity index (χ1n) is 42.7. The van der Waals surface area contributed by atoms with Crippen LogP contribution in [0.5, 0.6) is 23.0 Å². The third-order valence-electron chi connectivity index (χ3n) is 23.5. The number of hydrazine groups is 1. The van der Waals surface area contributed by atoms with Gasteiger partial charge in [-0.25, -0.2) is 20.8 Å². The predicted octanol–water partition coefficient (Wildman–Crippen LogP) is -4.86. The molecule has 2 aromatic heterocycles. The number of amides is 3. The number of fused-ring (bicyclic) bond motifs is 14. The zero-order valence-electron chi connectivity index (χ0n) is 76.2. The second-order valence-electron chi connectivity index (χ2n) is 32.7. The summed E-state index contributed by atoms with van der Waals surface area (Å²) >= 11 is 0. The highest BCUT2D eigenvalue weighted by Crippen LogP contribution is 2.55. The van der Waals surface area contributed by atoms with Gasteiger partial charge in [-0.3, -0.25) is 49.2 Å². The highest BCUT2D eigenvalue weighted by Gasteiger charge is 2.61. The number of aromatic hydroxyl groups is 3. The number of hydrazone groups is 1. The third kappa shape index (κ3) is 27.6. The van der Waals surface area contributed by atoms with E-state index in [0.29, 0.717) is 18.7 Å². The molecular weight excluding hydrogens is 1740 g/mol. The average molecular weight is 1870 g/mol. The second kappa shape index (κ2) is 51.1. The molecule has 8 heterocycles. The number of nitrogen functional groups attached to an aromatic ring is 1. The van der Waals surface area contributed by atoms with Crippen LogP contribution in [0.4, 0.5) is 5.69 Å². The average Bonchev–Trinajstić information content (AvgIpc) is 1.57. The summed E-state index contributed by atoms with van der Waals surface area (Å²) in [6.45, 7) is 21.8.